The summed E-state index contributed by atoms with van der Waals surface area (Å²) in [4.78, 5) is 13.4. The van der Waals surface area contributed by atoms with Crippen LogP contribution in [0.3, 0.4) is 0 Å². The van der Waals surface area contributed by atoms with Gasteiger partial charge in [-0.15, -0.1) is 0 Å². The SMILES string of the molecule is CCN1c2cc3c(cc2C(C)=CC1(C)C)/C(=C/C=C/C=C/C1=[N+](CCCS(=O)(=O)[O-])c2ccc(S(=O)(=O)[O-])cc2C1(C)CCCC(=O)O)C=C(C(C)(C)C)O3.[Na+]. The fraction of sp³-hybridized carbons (Fsp3) is 0.429. The number of nitrogens with zero attached hydrogens (tertiary/aromatic N) is 2. The van der Waals surface area contributed by atoms with Gasteiger partial charge in [-0.1, -0.05) is 51.2 Å². The first kappa shape index (κ1) is 45.4. The number of aliphatic carboxylic acids is 1. The van der Waals surface area contributed by atoms with E-state index in [0.29, 0.717) is 23.4 Å². The summed E-state index contributed by atoms with van der Waals surface area (Å²) in [5.41, 5.74) is 5.71. The van der Waals surface area contributed by atoms with Crippen molar-refractivity contribution in [3.05, 3.63) is 95.3 Å². The summed E-state index contributed by atoms with van der Waals surface area (Å²) in [6.07, 6.45) is 14.1. The van der Waals surface area contributed by atoms with Gasteiger partial charge in [-0.2, -0.15) is 4.58 Å². The van der Waals surface area contributed by atoms with Gasteiger partial charge in [0.25, 0.3) is 0 Å². The Balaban J connectivity index is 0.00000696. The number of carboxylic acid groups (broad SMARTS) is 1. The second-order valence-electron chi connectivity index (χ2n) is 16.2. The Morgan fingerprint density at radius 1 is 1.00 bits per heavy atom. The molecule has 0 bridgehead atoms. The zero-order valence-corrected chi connectivity index (χ0v) is 37.4. The van der Waals surface area contributed by atoms with Crippen molar-refractivity contribution in [1.29, 1.82) is 0 Å². The molecule has 1 unspecified atom stereocenters. The first-order chi connectivity index (χ1) is 25.5. The van der Waals surface area contributed by atoms with Crippen LogP contribution in [-0.4, -0.2) is 71.7 Å². The molecule has 1 N–H and O–H groups in total. The quantitative estimate of drug-likeness (QED) is 0.130. The van der Waals surface area contributed by atoms with Gasteiger partial charge in [0.15, 0.2) is 5.71 Å². The summed E-state index contributed by atoms with van der Waals surface area (Å²) in [7, 11) is -9.32. The van der Waals surface area contributed by atoms with E-state index in [1.54, 1.807) is 0 Å². The molecule has 14 heteroatoms. The van der Waals surface area contributed by atoms with Crippen LogP contribution < -0.4 is 39.2 Å². The first-order valence-electron chi connectivity index (χ1n) is 18.5. The van der Waals surface area contributed by atoms with Crippen LogP contribution in [0, 0.1) is 5.41 Å². The molecule has 3 aliphatic rings. The molecule has 11 nitrogen and oxygen atoms in total. The third-order valence-corrected chi connectivity index (χ3v) is 12.2. The molecule has 2 aromatic rings. The molecular formula is C42H51N2NaO9S2. The van der Waals surface area contributed by atoms with E-state index in [9.17, 15) is 35.8 Å². The Bertz CT molecular complexity index is 2310. The molecule has 1 atom stereocenters. The number of hydrogen-bond donors (Lipinski definition) is 1. The van der Waals surface area contributed by atoms with Gasteiger partial charge < -0.3 is 23.8 Å². The van der Waals surface area contributed by atoms with E-state index in [4.69, 9.17) is 4.74 Å². The van der Waals surface area contributed by atoms with Crippen molar-refractivity contribution in [3.8, 4) is 5.75 Å². The van der Waals surface area contributed by atoms with E-state index in [2.05, 4.69) is 77.7 Å². The standard InChI is InChI=1S/C42H52N2O9S2.Na/c1-9-44-35-26-36-32(25-31(35)28(2)27-41(44,6)7)29(23-38(53-36)40(3,4)5)15-11-10-12-16-37-42(8,20-13-17-39(45)46)33-24-30(55(50,51)52)18-19-34(33)43(37)21-14-22-54(47,48)49;/h10-12,15-16,18-19,23-27H,9,13-14,17,20-22H2,1-8H3,(H2-,45,46,47,48,49,50,51,52);/q;+1/p-1. The number of carboxylic acids is 1. The molecule has 0 aliphatic carbocycles. The van der Waals surface area contributed by atoms with Gasteiger partial charge in [0.1, 0.15) is 28.2 Å². The minimum Gasteiger partial charge on any atom is -0.748 e. The van der Waals surface area contributed by atoms with Crippen LogP contribution in [0.25, 0.3) is 11.1 Å². The molecule has 0 saturated carbocycles. The third-order valence-electron chi connectivity index (χ3n) is 10.5. The van der Waals surface area contributed by atoms with E-state index in [-0.39, 0.29) is 66.3 Å². The van der Waals surface area contributed by atoms with Crippen molar-refractivity contribution in [2.75, 3.05) is 23.7 Å². The predicted molar refractivity (Wildman–Crippen MR) is 214 cm³/mol. The van der Waals surface area contributed by atoms with Gasteiger partial charge in [-0.05, 0) is 82.9 Å². The Morgan fingerprint density at radius 3 is 2.30 bits per heavy atom. The Kier molecular flexibility index (Phi) is 13.7. The van der Waals surface area contributed by atoms with E-state index in [0.717, 1.165) is 40.4 Å². The molecule has 56 heavy (non-hydrogen) atoms. The summed E-state index contributed by atoms with van der Waals surface area (Å²) in [6.45, 7) is 17.8. The number of rotatable bonds is 13. The second kappa shape index (κ2) is 16.9. The molecule has 5 rings (SSSR count). The van der Waals surface area contributed by atoms with Crippen LogP contribution in [0.4, 0.5) is 11.4 Å². The number of hydrogen-bond acceptors (Lipinski definition) is 9. The third kappa shape index (κ3) is 9.86. The largest absolute Gasteiger partial charge is 1.00 e. The van der Waals surface area contributed by atoms with Crippen molar-refractivity contribution < 1.29 is 74.7 Å². The first-order valence-corrected chi connectivity index (χ1v) is 21.5. The predicted octanol–water partition coefficient (Wildman–Crippen LogP) is 4.68. The summed E-state index contributed by atoms with van der Waals surface area (Å²) in [5, 5.41) is 9.40. The fourth-order valence-electron chi connectivity index (χ4n) is 7.92. The van der Waals surface area contributed by atoms with Crippen molar-refractivity contribution in [2.24, 2.45) is 5.41 Å². The molecule has 0 saturated heterocycles. The summed E-state index contributed by atoms with van der Waals surface area (Å²) in [6, 6.07) is 8.34. The Labute approximate surface area is 354 Å². The van der Waals surface area contributed by atoms with Gasteiger partial charge in [0, 0.05) is 71.1 Å². The van der Waals surface area contributed by atoms with Crippen LogP contribution in [0.2, 0.25) is 0 Å². The van der Waals surface area contributed by atoms with Gasteiger partial charge in [0.05, 0.1) is 26.0 Å². The molecular weight excluding hydrogens is 764 g/mol. The second-order valence-corrected chi connectivity index (χ2v) is 19.1. The summed E-state index contributed by atoms with van der Waals surface area (Å²) >= 11 is 0. The van der Waals surface area contributed by atoms with Crippen LogP contribution in [0.5, 0.6) is 5.75 Å². The molecule has 296 valence electrons. The molecule has 0 spiro atoms. The average molecular weight is 815 g/mol. The summed E-state index contributed by atoms with van der Waals surface area (Å²) in [5.74, 6) is 0.0116. The zero-order valence-electron chi connectivity index (χ0n) is 33.8. The van der Waals surface area contributed by atoms with E-state index in [1.807, 2.05) is 41.9 Å². The van der Waals surface area contributed by atoms with Gasteiger partial charge in [-0.3, -0.25) is 4.79 Å². The maximum absolute atomic E-state index is 12.1. The Morgan fingerprint density at radius 2 is 1.70 bits per heavy atom. The smallest absolute Gasteiger partial charge is 0.748 e. The maximum Gasteiger partial charge on any atom is 1.00 e. The number of likely N-dealkylation sites (N-methyl/N-ethyl adjacent to an activating group) is 1. The molecule has 0 fully saturated rings. The van der Waals surface area contributed by atoms with Gasteiger partial charge >= 0.3 is 35.5 Å². The maximum atomic E-state index is 12.1. The Hall–Kier alpha value is -3.30. The number of benzene rings is 2. The van der Waals surface area contributed by atoms with E-state index in [1.165, 1.54) is 23.8 Å². The number of fused-ring (bicyclic) bond motifs is 3. The van der Waals surface area contributed by atoms with Crippen LogP contribution in [0.15, 0.2) is 83.5 Å². The minimum absolute atomic E-state index is 0. The van der Waals surface area contributed by atoms with E-state index < -0.39 is 42.3 Å². The van der Waals surface area contributed by atoms with Crippen molar-refractivity contribution >= 4 is 54.4 Å². The average Bonchev–Trinajstić information content (AvgIpc) is 3.28. The van der Waals surface area contributed by atoms with Gasteiger partial charge in [-0.25, -0.2) is 16.8 Å². The van der Waals surface area contributed by atoms with Crippen molar-refractivity contribution in [1.82, 2.24) is 0 Å². The minimum atomic E-state index is -4.81. The van der Waals surface area contributed by atoms with Crippen molar-refractivity contribution in [3.63, 3.8) is 0 Å². The van der Waals surface area contributed by atoms with Gasteiger partial charge in [0.2, 0.25) is 5.69 Å². The number of anilines is 1. The molecule has 3 aliphatic heterocycles. The molecule has 3 heterocycles. The molecule has 0 amide bonds. The van der Waals surface area contributed by atoms with Crippen LogP contribution >= 0.6 is 0 Å². The topological polar surface area (TPSA) is 167 Å². The van der Waals surface area contributed by atoms with Crippen LogP contribution in [-0.2, 0) is 30.4 Å². The summed E-state index contributed by atoms with van der Waals surface area (Å²) < 4.78 is 79.1. The van der Waals surface area contributed by atoms with Crippen molar-refractivity contribution in [2.45, 2.75) is 96.9 Å². The zero-order chi connectivity index (χ0) is 40.7. The molecule has 0 radical (unpaired) electrons. The van der Waals surface area contributed by atoms with Crippen LogP contribution in [0.1, 0.15) is 97.8 Å². The normalized spacial score (nSPS) is 20.0. The number of carbonyl (C=O) groups is 1. The fourth-order valence-corrected chi connectivity index (χ4v) is 8.90. The molecule has 0 aromatic heterocycles. The molecule has 2 aromatic carbocycles. The number of allylic oxidation sites excluding steroid dienone is 9. The van der Waals surface area contributed by atoms with E-state index >= 15 is 0 Å². The monoisotopic (exact) mass is 814 g/mol. The number of ether oxygens (including phenoxy) is 1.